The van der Waals surface area contributed by atoms with Gasteiger partial charge in [0.2, 0.25) is 0 Å². The number of nitrogens with one attached hydrogen (secondary N) is 1. The molecule has 29 heavy (non-hydrogen) atoms. The first kappa shape index (κ1) is 19.9. The Labute approximate surface area is 172 Å². The van der Waals surface area contributed by atoms with Gasteiger partial charge in [-0.05, 0) is 51.7 Å². The fraction of sp³-hybridized carbons (Fsp3) is 0.591. The van der Waals surface area contributed by atoms with Crippen LogP contribution >= 0.6 is 0 Å². The first-order valence-corrected chi connectivity index (χ1v) is 10.7. The third-order valence-electron chi connectivity index (χ3n) is 6.64. The van der Waals surface area contributed by atoms with Gasteiger partial charge in [0.05, 0.1) is 6.04 Å². The van der Waals surface area contributed by atoms with Crippen molar-refractivity contribution in [3.05, 3.63) is 35.9 Å². The molecule has 1 atom stereocenters. The number of rotatable bonds is 3. The molecule has 3 saturated heterocycles. The van der Waals surface area contributed by atoms with Crippen molar-refractivity contribution >= 4 is 17.8 Å². The molecule has 1 N–H and O–H groups in total. The molecule has 4 rings (SSSR count). The van der Waals surface area contributed by atoms with E-state index in [1.807, 2.05) is 18.2 Å². The summed E-state index contributed by atoms with van der Waals surface area (Å²) >= 11 is 0. The molecule has 0 aromatic heterocycles. The largest absolute Gasteiger partial charge is 0.337 e. The van der Waals surface area contributed by atoms with E-state index >= 15 is 0 Å². The molecule has 4 amide bonds. The van der Waals surface area contributed by atoms with Gasteiger partial charge in [-0.2, -0.15) is 0 Å². The summed E-state index contributed by atoms with van der Waals surface area (Å²) in [5.74, 6) is -0.146. The number of benzene rings is 1. The number of piperidine rings is 2. The topological polar surface area (TPSA) is 73.0 Å². The van der Waals surface area contributed by atoms with Gasteiger partial charge in [0.15, 0.2) is 0 Å². The monoisotopic (exact) mass is 398 g/mol. The highest BCUT2D eigenvalue weighted by molar-refractivity contribution is 6.07. The van der Waals surface area contributed by atoms with Crippen LogP contribution < -0.4 is 5.32 Å². The van der Waals surface area contributed by atoms with E-state index in [1.165, 1.54) is 4.90 Å². The maximum absolute atomic E-state index is 13.3. The first-order valence-electron chi connectivity index (χ1n) is 10.7. The van der Waals surface area contributed by atoms with Crippen molar-refractivity contribution in [3.8, 4) is 0 Å². The van der Waals surface area contributed by atoms with Crippen LogP contribution in [0.4, 0.5) is 4.79 Å². The van der Waals surface area contributed by atoms with Crippen LogP contribution in [0.5, 0.6) is 0 Å². The Morgan fingerprint density at radius 2 is 1.79 bits per heavy atom. The first-order chi connectivity index (χ1) is 13.9. The minimum absolute atomic E-state index is 0.0395. The van der Waals surface area contributed by atoms with Crippen LogP contribution in [0.3, 0.4) is 0 Å². The number of carbonyl (C=O) groups is 3. The highest BCUT2D eigenvalue weighted by atomic mass is 16.2. The van der Waals surface area contributed by atoms with Gasteiger partial charge < -0.3 is 15.1 Å². The van der Waals surface area contributed by atoms with Gasteiger partial charge in [0.1, 0.15) is 5.54 Å². The van der Waals surface area contributed by atoms with E-state index in [0.29, 0.717) is 37.5 Å². The van der Waals surface area contributed by atoms with Gasteiger partial charge in [-0.25, -0.2) is 4.79 Å². The molecule has 3 aliphatic heterocycles. The summed E-state index contributed by atoms with van der Waals surface area (Å²) in [4.78, 5) is 44.5. The fourth-order valence-electron chi connectivity index (χ4n) is 4.85. The van der Waals surface area contributed by atoms with E-state index in [1.54, 1.807) is 17.0 Å². The van der Waals surface area contributed by atoms with Gasteiger partial charge in [-0.3, -0.25) is 14.5 Å². The van der Waals surface area contributed by atoms with E-state index in [-0.39, 0.29) is 23.9 Å². The van der Waals surface area contributed by atoms with Crippen molar-refractivity contribution < 1.29 is 14.4 Å². The summed E-state index contributed by atoms with van der Waals surface area (Å²) in [6.07, 6.45) is 2.82. The Balaban J connectivity index is 1.46. The van der Waals surface area contributed by atoms with E-state index in [0.717, 1.165) is 25.9 Å². The molecular formula is C22H30N4O3. The van der Waals surface area contributed by atoms with E-state index < -0.39 is 5.54 Å². The zero-order chi connectivity index (χ0) is 20.6. The normalized spacial score (nSPS) is 25.0. The van der Waals surface area contributed by atoms with Crippen LogP contribution in [0.15, 0.2) is 30.3 Å². The number of hydrogen-bond acceptors (Lipinski definition) is 4. The zero-order valence-corrected chi connectivity index (χ0v) is 17.3. The summed E-state index contributed by atoms with van der Waals surface area (Å²) in [5, 5.41) is 3.01. The Kier molecular flexibility index (Phi) is 5.34. The van der Waals surface area contributed by atoms with Crippen molar-refractivity contribution in [1.29, 1.82) is 0 Å². The fourth-order valence-corrected chi connectivity index (χ4v) is 4.85. The lowest BCUT2D eigenvalue weighted by molar-refractivity contribution is -0.135. The van der Waals surface area contributed by atoms with Gasteiger partial charge >= 0.3 is 6.03 Å². The molecule has 0 radical (unpaired) electrons. The van der Waals surface area contributed by atoms with Crippen molar-refractivity contribution in [2.45, 2.75) is 57.2 Å². The van der Waals surface area contributed by atoms with Gasteiger partial charge in [-0.1, -0.05) is 18.2 Å². The van der Waals surface area contributed by atoms with E-state index in [9.17, 15) is 14.4 Å². The molecule has 0 bridgehead atoms. The summed E-state index contributed by atoms with van der Waals surface area (Å²) in [5.41, 5.74) is -0.128. The van der Waals surface area contributed by atoms with Crippen LogP contribution in [-0.4, -0.2) is 76.3 Å². The molecule has 3 fully saturated rings. The summed E-state index contributed by atoms with van der Waals surface area (Å²) < 4.78 is 0. The van der Waals surface area contributed by atoms with Crippen LogP contribution in [0.25, 0.3) is 0 Å². The van der Waals surface area contributed by atoms with Gasteiger partial charge in [0, 0.05) is 37.8 Å². The Hall–Kier alpha value is -2.41. The predicted molar refractivity (Wildman–Crippen MR) is 109 cm³/mol. The predicted octanol–water partition coefficient (Wildman–Crippen LogP) is 2.09. The summed E-state index contributed by atoms with van der Waals surface area (Å²) in [7, 11) is 0. The van der Waals surface area contributed by atoms with Crippen LogP contribution in [0.1, 0.15) is 49.9 Å². The SMILES string of the molecule is CC(C)N1CCC2(CC1)NC(=O)N(C1CCCN(C(=O)c3ccccc3)C1)C2=O. The number of nitrogens with zero attached hydrogens (tertiary/aromatic N) is 3. The molecule has 0 aliphatic carbocycles. The van der Waals surface area contributed by atoms with Crippen LogP contribution in [0.2, 0.25) is 0 Å². The lowest BCUT2D eigenvalue weighted by atomic mass is 9.86. The molecule has 3 aliphatic rings. The number of imide groups is 1. The molecule has 156 valence electrons. The smallest absolute Gasteiger partial charge is 0.325 e. The molecule has 1 unspecified atom stereocenters. The average molecular weight is 399 g/mol. The van der Waals surface area contributed by atoms with Crippen molar-refractivity contribution in [3.63, 3.8) is 0 Å². The third-order valence-corrected chi connectivity index (χ3v) is 6.64. The Morgan fingerprint density at radius 1 is 1.10 bits per heavy atom. The lowest BCUT2D eigenvalue weighted by Gasteiger charge is -2.40. The Bertz CT molecular complexity index is 787. The number of urea groups is 1. The van der Waals surface area contributed by atoms with Crippen LogP contribution in [0, 0.1) is 0 Å². The maximum atomic E-state index is 13.3. The molecular weight excluding hydrogens is 368 g/mol. The van der Waals surface area contributed by atoms with E-state index in [2.05, 4.69) is 24.1 Å². The van der Waals surface area contributed by atoms with E-state index in [4.69, 9.17) is 0 Å². The van der Waals surface area contributed by atoms with Crippen molar-refractivity contribution in [2.24, 2.45) is 0 Å². The number of likely N-dealkylation sites (tertiary alicyclic amines) is 2. The molecule has 1 aromatic rings. The highest BCUT2D eigenvalue weighted by Crippen LogP contribution is 2.33. The molecule has 1 spiro atoms. The molecule has 3 heterocycles. The third kappa shape index (κ3) is 3.64. The molecule has 0 saturated carbocycles. The van der Waals surface area contributed by atoms with Crippen molar-refractivity contribution in [2.75, 3.05) is 26.2 Å². The lowest BCUT2D eigenvalue weighted by Crippen LogP contribution is -2.57. The maximum Gasteiger partial charge on any atom is 0.325 e. The molecule has 1 aromatic carbocycles. The van der Waals surface area contributed by atoms with Crippen LogP contribution in [-0.2, 0) is 4.79 Å². The second kappa shape index (κ2) is 7.78. The Morgan fingerprint density at radius 3 is 2.45 bits per heavy atom. The standard InChI is InChI=1S/C22H30N4O3/c1-16(2)24-13-10-22(11-14-24)20(28)26(21(29)23-22)18-9-6-12-25(15-18)19(27)17-7-4-3-5-8-17/h3-5,7-8,16,18H,6,9-15H2,1-2H3,(H,23,29). The highest BCUT2D eigenvalue weighted by Gasteiger charge is 2.54. The number of hydrogen-bond donors (Lipinski definition) is 1. The quantitative estimate of drug-likeness (QED) is 0.792. The van der Waals surface area contributed by atoms with Crippen molar-refractivity contribution in [1.82, 2.24) is 20.0 Å². The van der Waals surface area contributed by atoms with Gasteiger partial charge in [0.25, 0.3) is 11.8 Å². The summed E-state index contributed by atoms with van der Waals surface area (Å²) in [6, 6.07) is 9.06. The zero-order valence-electron chi connectivity index (χ0n) is 17.3. The second-order valence-corrected chi connectivity index (χ2v) is 8.73. The second-order valence-electron chi connectivity index (χ2n) is 8.73. The minimum Gasteiger partial charge on any atom is -0.337 e. The number of amides is 4. The summed E-state index contributed by atoms with van der Waals surface area (Å²) in [6.45, 7) is 6.98. The average Bonchev–Trinajstić information content (AvgIpc) is 2.97. The molecule has 7 heteroatoms. The molecule has 7 nitrogen and oxygen atoms in total. The minimum atomic E-state index is -0.770. The van der Waals surface area contributed by atoms with Gasteiger partial charge in [-0.15, -0.1) is 0 Å². The number of carbonyl (C=O) groups excluding carboxylic acids is 3.